The van der Waals surface area contributed by atoms with Crippen LogP contribution in [0.4, 0.5) is 0 Å². The van der Waals surface area contributed by atoms with Gasteiger partial charge in [0, 0.05) is 30.0 Å². The van der Waals surface area contributed by atoms with Crippen LogP contribution in [0.3, 0.4) is 0 Å². The smallest absolute Gasteiger partial charge is 0.323 e. The SMILES string of the molecule is COc1ccccc1CN(CC(=O)O)C(=O)Cc1ccc2c(c1)CC(C)(Cc1ccc(Cl)cc1)O2. The molecule has 1 aliphatic rings. The standard InChI is InChI=1S/C28H28ClNO5/c1-28(15-19-7-10-23(29)11-8-19)16-22-13-20(9-12-25(22)35-28)14-26(31)30(18-27(32)33)17-21-5-3-4-6-24(21)34-2/h3-13H,14-18H2,1-2H3,(H,32,33). The third-order valence-electron chi connectivity index (χ3n) is 6.12. The highest BCUT2D eigenvalue weighted by Crippen LogP contribution is 2.37. The molecule has 1 heterocycles. The van der Waals surface area contributed by atoms with Crippen molar-refractivity contribution in [3.63, 3.8) is 0 Å². The highest BCUT2D eigenvalue weighted by atomic mass is 35.5. The molecule has 35 heavy (non-hydrogen) atoms. The number of nitrogens with zero attached hydrogens (tertiary/aromatic N) is 1. The van der Waals surface area contributed by atoms with E-state index >= 15 is 0 Å². The van der Waals surface area contributed by atoms with Crippen LogP contribution in [0.2, 0.25) is 5.02 Å². The summed E-state index contributed by atoms with van der Waals surface area (Å²) < 4.78 is 11.6. The van der Waals surface area contributed by atoms with Gasteiger partial charge in [0.25, 0.3) is 0 Å². The van der Waals surface area contributed by atoms with Crippen LogP contribution >= 0.6 is 11.6 Å². The molecule has 1 unspecified atom stereocenters. The molecule has 0 fully saturated rings. The van der Waals surface area contributed by atoms with E-state index in [0.717, 1.165) is 34.4 Å². The molecule has 1 amide bonds. The first-order valence-corrected chi connectivity index (χ1v) is 11.8. The maximum Gasteiger partial charge on any atom is 0.323 e. The molecule has 6 nitrogen and oxygen atoms in total. The number of para-hydroxylation sites is 1. The fourth-order valence-electron chi connectivity index (χ4n) is 4.54. The number of fused-ring (bicyclic) bond motifs is 1. The van der Waals surface area contributed by atoms with Crippen molar-refractivity contribution < 1.29 is 24.2 Å². The number of carbonyl (C=O) groups is 2. The lowest BCUT2D eigenvalue weighted by atomic mass is 9.91. The number of hydrogen-bond donors (Lipinski definition) is 1. The van der Waals surface area contributed by atoms with Crippen LogP contribution in [-0.4, -0.2) is 41.1 Å². The van der Waals surface area contributed by atoms with E-state index in [1.165, 1.54) is 4.90 Å². The number of halogens is 1. The summed E-state index contributed by atoms with van der Waals surface area (Å²) in [4.78, 5) is 25.9. The number of hydrogen-bond acceptors (Lipinski definition) is 4. The maximum absolute atomic E-state index is 13.1. The van der Waals surface area contributed by atoms with Crippen LogP contribution in [0.1, 0.15) is 29.2 Å². The number of ether oxygens (including phenoxy) is 2. The van der Waals surface area contributed by atoms with Crippen LogP contribution in [0.15, 0.2) is 66.7 Å². The second-order valence-corrected chi connectivity index (χ2v) is 9.54. The van der Waals surface area contributed by atoms with Gasteiger partial charge in [-0.1, -0.05) is 54.1 Å². The molecule has 0 aromatic heterocycles. The average molecular weight is 494 g/mol. The first kappa shape index (κ1) is 24.6. The van der Waals surface area contributed by atoms with Crippen molar-refractivity contribution >= 4 is 23.5 Å². The Morgan fingerprint density at radius 3 is 2.51 bits per heavy atom. The lowest BCUT2D eigenvalue weighted by Gasteiger charge is -2.24. The van der Waals surface area contributed by atoms with Crippen LogP contribution in [0.25, 0.3) is 0 Å². The van der Waals surface area contributed by atoms with Gasteiger partial charge in [0.05, 0.1) is 13.5 Å². The van der Waals surface area contributed by atoms with Crippen LogP contribution in [0, 0.1) is 0 Å². The molecular weight excluding hydrogens is 466 g/mol. The lowest BCUT2D eigenvalue weighted by molar-refractivity contribution is -0.144. The summed E-state index contributed by atoms with van der Waals surface area (Å²) in [5, 5.41) is 10.1. The van der Waals surface area contributed by atoms with E-state index in [-0.39, 0.29) is 25.4 Å². The Morgan fingerprint density at radius 2 is 1.80 bits per heavy atom. The maximum atomic E-state index is 13.1. The molecule has 0 radical (unpaired) electrons. The van der Waals surface area contributed by atoms with E-state index in [9.17, 15) is 14.7 Å². The molecule has 0 spiro atoms. The van der Waals surface area contributed by atoms with E-state index < -0.39 is 11.6 Å². The third-order valence-corrected chi connectivity index (χ3v) is 6.38. The van der Waals surface area contributed by atoms with Crippen molar-refractivity contribution in [2.75, 3.05) is 13.7 Å². The number of carboxylic acids is 1. The molecule has 182 valence electrons. The Labute approximate surface area is 210 Å². The number of carbonyl (C=O) groups excluding carboxylic acids is 1. The monoisotopic (exact) mass is 493 g/mol. The molecular formula is C28H28ClNO5. The molecule has 1 aliphatic heterocycles. The molecule has 3 aromatic rings. The fraction of sp³-hybridized carbons (Fsp3) is 0.286. The van der Waals surface area contributed by atoms with E-state index in [4.69, 9.17) is 21.1 Å². The minimum absolute atomic E-state index is 0.101. The van der Waals surface area contributed by atoms with Gasteiger partial charge in [0.2, 0.25) is 5.91 Å². The molecule has 0 saturated heterocycles. The number of methoxy groups -OCH3 is 1. The van der Waals surface area contributed by atoms with Crippen LogP contribution < -0.4 is 9.47 Å². The summed E-state index contributed by atoms with van der Waals surface area (Å²) in [5.41, 5.74) is 3.37. The Morgan fingerprint density at radius 1 is 1.09 bits per heavy atom. The van der Waals surface area contributed by atoms with Gasteiger partial charge < -0.3 is 19.5 Å². The van der Waals surface area contributed by atoms with Gasteiger partial charge in [-0.3, -0.25) is 9.59 Å². The fourth-order valence-corrected chi connectivity index (χ4v) is 4.66. The van der Waals surface area contributed by atoms with Gasteiger partial charge in [-0.05, 0) is 47.9 Å². The molecule has 7 heteroatoms. The van der Waals surface area contributed by atoms with Gasteiger partial charge in [-0.25, -0.2) is 0 Å². The van der Waals surface area contributed by atoms with Crippen molar-refractivity contribution in [2.24, 2.45) is 0 Å². The van der Waals surface area contributed by atoms with E-state index in [1.54, 1.807) is 13.2 Å². The zero-order chi connectivity index (χ0) is 25.0. The molecule has 0 saturated carbocycles. The van der Waals surface area contributed by atoms with Crippen LogP contribution in [0.5, 0.6) is 11.5 Å². The highest BCUT2D eigenvalue weighted by Gasteiger charge is 2.35. The first-order valence-electron chi connectivity index (χ1n) is 11.4. The van der Waals surface area contributed by atoms with Gasteiger partial charge in [-0.2, -0.15) is 0 Å². The van der Waals surface area contributed by atoms with Crippen molar-refractivity contribution in [3.05, 3.63) is 94.0 Å². The number of rotatable bonds is 9. The van der Waals surface area contributed by atoms with Crippen molar-refractivity contribution in [3.8, 4) is 11.5 Å². The zero-order valence-electron chi connectivity index (χ0n) is 19.8. The van der Waals surface area contributed by atoms with Gasteiger partial charge in [-0.15, -0.1) is 0 Å². The normalized spacial score (nSPS) is 16.3. The lowest BCUT2D eigenvalue weighted by Crippen LogP contribution is -2.36. The largest absolute Gasteiger partial charge is 0.496 e. The number of benzene rings is 3. The Kier molecular flexibility index (Phi) is 7.31. The van der Waals surface area contributed by atoms with E-state index in [1.807, 2.05) is 60.7 Å². The molecule has 0 aliphatic carbocycles. The Hall–Kier alpha value is -3.51. The van der Waals surface area contributed by atoms with Crippen LogP contribution in [-0.2, 0) is 35.4 Å². The topological polar surface area (TPSA) is 76.1 Å². The van der Waals surface area contributed by atoms with Crippen molar-refractivity contribution in [2.45, 2.75) is 38.3 Å². The highest BCUT2D eigenvalue weighted by molar-refractivity contribution is 6.30. The predicted octanol–water partition coefficient (Wildman–Crippen LogP) is 4.94. The minimum Gasteiger partial charge on any atom is -0.496 e. The summed E-state index contributed by atoms with van der Waals surface area (Å²) in [6.07, 6.45) is 1.55. The summed E-state index contributed by atoms with van der Waals surface area (Å²) in [7, 11) is 1.55. The molecule has 3 aromatic carbocycles. The zero-order valence-corrected chi connectivity index (χ0v) is 20.5. The van der Waals surface area contributed by atoms with Crippen molar-refractivity contribution in [1.82, 2.24) is 4.90 Å². The summed E-state index contributed by atoms with van der Waals surface area (Å²) in [5.74, 6) is 0.106. The summed E-state index contributed by atoms with van der Waals surface area (Å²) in [6, 6.07) is 20.8. The summed E-state index contributed by atoms with van der Waals surface area (Å²) >= 11 is 6.00. The van der Waals surface area contributed by atoms with Crippen molar-refractivity contribution in [1.29, 1.82) is 0 Å². The Balaban J connectivity index is 1.46. The van der Waals surface area contributed by atoms with Gasteiger partial charge >= 0.3 is 5.97 Å². The average Bonchev–Trinajstić information content (AvgIpc) is 3.15. The number of aliphatic carboxylic acids is 1. The second-order valence-electron chi connectivity index (χ2n) is 9.11. The quantitative estimate of drug-likeness (QED) is 0.457. The molecule has 1 N–H and O–H groups in total. The predicted molar refractivity (Wildman–Crippen MR) is 134 cm³/mol. The van der Waals surface area contributed by atoms with Gasteiger partial charge in [0.15, 0.2) is 0 Å². The van der Waals surface area contributed by atoms with E-state index in [2.05, 4.69) is 6.92 Å². The van der Waals surface area contributed by atoms with E-state index in [0.29, 0.717) is 17.2 Å². The first-order chi connectivity index (χ1) is 16.7. The van der Waals surface area contributed by atoms with Gasteiger partial charge in [0.1, 0.15) is 23.6 Å². The number of amides is 1. The molecule has 4 rings (SSSR count). The molecule has 1 atom stereocenters. The molecule has 0 bridgehead atoms. The second kappa shape index (κ2) is 10.4. The summed E-state index contributed by atoms with van der Waals surface area (Å²) in [6.45, 7) is 1.85. The third kappa shape index (κ3) is 6.14. The minimum atomic E-state index is -1.06. The Bertz CT molecular complexity index is 1230. The number of carboxylic acid groups (broad SMARTS) is 1.